The van der Waals surface area contributed by atoms with Crippen molar-refractivity contribution in [2.45, 2.75) is 97.3 Å². The van der Waals surface area contributed by atoms with Crippen LogP contribution >= 0.6 is 0 Å². The van der Waals surface area contributed by atoms with Gasteiger partial charge >= 0.3 is 11.9 Å². The van der Waals surface area contributed by atoms with Gasteiger partial charge in [0.2, 0.25) is 0 Å². The van der Waals surface area contributed by atoms with E-state index in [9.17, 15) is 14.7 Å². The van der Waals surface area contributed by atoms with E-state index in [0.29, 0.717) is 13.0 Å². The second kappa shape index (κ2) is 10.3. The molecule has 2 rings (SSSR count). The molecule has 0 aliphatic heterocycles. The molecule has 26 heavy (non-hydrogen) atoms. The average molecular weight is 367 g/mol. The molecule has 0 radical (unpaired) electrons. The summed E-state index contributed by atoms with van der Waals surface area (Å²) in [6.45, 7) is 4.62. The molecule has 1 N–H and O–H groups in total. The quantitative estimate of drug-likeness (QED) is 0.382. The van der Waals surface area contributed by atoms with Gasteiger partial charge in [0.25, 0.3) is 0 Å². The van der Waals surface area contributed by atoms with Crippen LogP contribution in [0.4, 0.5) is 0 Å². The molecule has 4 heteroatoms. The normalized spacial score (nSPS) is 22.2. The van der Waals surface area contributed by atoms with Gasteiger partial charge in [0.15, 0.2) is 0 Å². The van der Waals surface area contributed by atoms with Crippen molar-refractivity contribution in [1.29, 1.82) is 0 Å². The minimum absolute atomic E-state index is 0.128. The summed E-state index contributed by atoms with van der Waals surface area (Å²) in [6, 6.07) is 0. The van der Waals surface area contributed by atoms with Crippen LogP contribution in [0, 0.1) is 23.2 Å². The Bertz CT molecular complexity index is 449. The van der Waals surface area contributed by atoms with Crippen LogP contribution in [-0.4, -0.2) is 23.7 Å². The summed E-state index contributed by atoms with van der Waals surface area (Å²) in [5.41, 5.74) is -0.818. The van der Waals surface area contributed by atoms with Crippen LogP contribution in [0.2, 0.25) is 0 Å². The molecule has 0 saturated heterocycles. The summed E-state index contributed by atoms with van der Waals surface area (Å²) in [7, 11) is 0. The van der Waals surface area contributed by atoms with Gasteiger partial charge in [-0.2, -0.15) is 0 Å². The molecule has 2 atom stereocenters. The second-order valence-electron chi connectivity index (χ2n) is 8.48. The maximum atomic E-state index is 13.4. The zero-order valence-corrected chi connectivity index (χ0v) is 16.8. The molecule has 0 aromatic carbocycles. The number of carboxylic acids is 1. The highest BCUT2D eigenvalue weighted by molar-refractivity contribution is 5.85. The Kier molecular flexibility index (Phi) is 8.43. The van der Waals surface area contributed by atoms with Crippen molar-refractivity contribution >= 4 is 11.9 Å². The largest absolute Gasteiger partial charge is 0.481 e. The Morgan fingerprint density at radius 2 is 1.58 bits per heavy atom. The Hall–Kier alpha value is -1.06. The van der Waals surface area contributed by atoms with Gasteiger partial charge in [-0.05, 0) is 50.4 Å². The topological polar surface area (TPSA) is 63.6 Å². The monoisotopic (exact) mass is 366 g/mol. The van der Waals surface area contributed by atoms with Crippen LogP contribution in [0.15, 0.2) is 0 Å². The summed E-state index contributed by atoms with van der Waals surface area (Å²) in [4.78, 5) is 25.9. The summed E-state index contributed by atoms with van der Waals surface area (Å²) >= 11 is 0. The minimum Gasteiger partial charge on any atom is -0.481 e. The number of aliphatic carboxylic acids is 1. The standard InChI is InChI=1S/C22H38O4/c1-3-5-15-22(18-13-9-10-14-18,21(25)26-16-6-4-2)19(20(23)24)17-11-7-8-12-17/h17-19H,3-16H2,1-2H3,(H,23,24). The van der Waals surface area contributed by atoms with Gasteiger partial charge in [0.05, 0.1) is 17.9 Å². The number of rotatable bonds is 11. The number of esters is 1. The van der Waals surface area contributed by atoms with Crippen molar-refractivity contribution in [2.75, 3.05) is 6.61 Å². The lowest BCUT2D eigenvalue weighted by Crippen LogP contribution is -2.51. The van der Waals surface area contributed by atoms with Crippen molar-refractivity contribution in [3.05, 3.63) is 0 Å². The van der Waals surface area contributed by atoms with Crippen LogP contribution in [-0.2, 0) is 14.3 Å². The van der Waals surface area contributed by atoms with Crippen LogP contribution in [0.5, 0.6) is 0 Å². The summed E-state index contributed by atoms with van der Waals surface area (Å²) < 4.78 is 5.75. The van der Waals surface area contributed by atoms with Crippen LogP contribution in [0.25, 0.3) is 0 Å². The lowest BCUT2D eigenvalue weighted by molar-refractivity contribution is -0.177. The highest BCUT2D eigenvalue weighted by Crippen LogP contribution is 2.54. The third-order valence-electron chi connectivity index (χ3n) is 6.83. The van der Waals surface area contributed by atoms with Crippen LogP contribution < -0.4 is 0 Å². The fraction of sp³-hybridized carbons (Fsp3) is 0.909. The molecule has 0 bridgehead atoms. The first kappa shape index (κ1) is 21.2. The molecule has 0 aromatic heterocycles. The molecule has 2 aliphatic carbocycles. The van der Waals surface area contributed by atoms with Gasteiger partial charge in [0.1, 0.15) is 0 Å². The number of hydrogen-bond donors (Lipinski definition) is 1. The Balaban J connectivity index is 2.40. The molecule has 150 valence electrons. The molecule has 4 nitrogen and oxygen atoms in total. The molecule has 2 aliphatic rings. The van der Waals surface area contributed by atoms with E-state index in [1.165, 1.54) is 0 Å². The van der Waals surface area contributed by atoms with Crippen LogP contribution in [0.1, 0.15) is 97.3 Å². The number of carbonyl (C=O) groups excluding carboxylic acids is 1. The third kappa shape index (κ3) is 4.61. The number of unbranched alkanes of at least 4 members (excludes halogenated alkanes) is 2. The first-order valence-corrected chi connectivity index (χ1v) is 11.0. The zero-order chi connectivity index (χ0) is 19.0. The van der Waals surface area contributed by atoms with Crippen molar-refractivity contribution in [3.8, 4) is 0 Å². The Morgan fingerprint density at radius 3 is 2.12 bits per heavy atom. The molecule has 2 saturated carbocycles. The van der Waals surface area contributed by atoms with Crippen molar-refractivity contribution in [3.63, 3.8) is 0 Å². The number of ether oxygens (including phenoxy) is 1. The molecule has 2 fully saturated rings. The van der Waals surface area contributed by atoms with Gasteiger partial charge in [-0.25, -0.2) is 0 Å². The van der Waals surface area contributed by atoms with E-state index in [-0.39, 0.29) is 17.8 Å². The molecule has 0 amide bonds. The molecular weight excluding hydrogens is 328 g/mol. The van der Waals surface area contributed by atoms with Gasteiger partial charge in [0, 0.05) is 0 Å². The lowest BCUT2D eigenvalue weighted by Gasteiger charge is -2.43. The third-order valence-corrected chi connectivity index (χ3v) is 6.83. The average Bonchev–Trinajstić information content (AvgIpc) is 3.32. The van der Waals surface area contributed by atoms with Crippen molar-refractivity contribution in [1.82, 2.24) is 0 Å². The number of carboxylic acid groups (broad SMARTS) is 1. The van der Waals surface area contributed by atoms with E-state index >= 15 is 0 Å². The minimum atomic E-state index is -0.818. The van der Waals surface area contributed by atoms with E-state index in [1.807, 2.05) is 0 Å². The zero-order valence-electron chi connectivity index (χ0n) is 16.8. The Morgan fingerprint density at radius 1 is 1.00 bits per heavy atom. The second-order valence-corrected chi connectivity index (χ2v) is 8.48. The predicted octanol–water partition coefficient (Wildman–Crippen LogP) is 5.59. The molecular formula is C22H38O4. The molecule has 0 heterocycles. The first-order chi connectivity index (χ1) is 12.6. The maximum Gasteiger partial charge on any atom is 0.313 e. The summed E-state index contributed by atoms with van der Waals surface area (Å²) in [6.07, 6.45) is 12.6. The molecule has 0 aromatic rings. The van der Waals surface area contributed by atoms with Crippen LogP contribution in [0.3, 0.4) is 0 Å². The fourth-order valence-corrected chi connectivity index (χ4v) is 5.50. The van der Waals surface area contributed by atoms with E-state index < -0.39 is 17.3 Å². The summed E-state index contributed by atoms with van der Waals surface area (Å²) in [5.74, 6) is -1.25. The maximum absolute atomic E-state index is 13.4. The van der Waals surface area contributed by atoms with E-state index in [1.54, 1.807) is 0 Å². The smallest absolute Gasteiger partial charge is 0.313 e. The lowest BCUT2D eigenvalue weighted by atomic mass is 9.59. The number of hydrogen-bond acceptors (Lipinski definition) is 3. The van der Waals surface area contributed by atoms with Gasteiger partial charge in [-0.3, -0.25) is 9.59 Å². The summed E-state index contributed by atoms with van der Waals surface area (Å²) in [5, 5.41) is 10.2. The predicted molar refractivity (Wildman–Crippen MR) is 103 cm³/mol. The SMILES string of the molecule is CCCCOC(=O)C(CCCC)(C1CCCC1)C(C(=O)O)C1CCCC1. The fourth-order valence-electron chi connectivity index (χ4n) is 5.50. The van der Waals surface area contributed by atoms with Crippen molar-refractivity contribution < 1.29 is 19.4 Å². The number of carbonyl (C=O) groups is 2. The highest BCUT2D eigenvalue weighted by Gasteiger charge is 2.57. The Labute approximate surface area is 159 Å². The van der Waals surface area contributed by atoms with Crippen molar-refractivity contribution in [2.24, 2.45) is 23.2 Å². The van der Waals surface area contributed by atoms with Gasteiger partial charge in [-0.1, -0.05) is 58.8 Å². The van der Waals surface area contributed by atoms with Gasteiger partial charge < -0.3 is 9.84 Å². The van der Waals surface area contributed by atoms with E-state index in [4.69, 9.17) is 4.74 Å². The first-order valence-electron chi connectivity index (χ1n) is 11.0. The van der Waals surface area contributed by atoms with E-state index in [0.717, 1.165) is 77.0 Å². The molecule has 0 spiro atoms. The molecule has 2 unspecified atom stereocenters. The highest BCUT2D eigenvalue weighted by atomic mass is 16.5. The van der Waals surface area contributed by atoms with E-state index in [2.05, 4.69) is 13.8 Å². The van der Waals surface area contributed by atoms with Gasteiger partial charge in [-0.15, -0.1) is 0 Å².